The molecule has 0 bridgehead atoms. The van der Waals surface area contributed by atoms with E-state index < -0.39 is 17.6 Å². The third kappa shape index (κ3) is 5.85. The van der Waals surface area contributed by atoms with E-state index in [2.05, 4.69) is 15.8 Å². The minimum Gasteiger partial charge on any atom is -0.497 e. The van der Waals surface area contributed by atoms with Gasteiger partial charge >= 0.3 is 0 Å². The van der Waals surface area contributed by atoms with Gasteiger partial charge in [-0.15, -0.1) is 0 Å². The van der Waals surface area contributed by atoms with Crippen LogP contribution in [-0.2, 0) is 0 Å². The minimum atomic E-state index is -0.593. The lowest BCUT2D eigenvalue weighted by atomic mass is 10.1. The fourth-order valence-electron chi connectivity index (χ4n) is 2.93. The molecule has 0 unspecified atom stereocenters. The summed E-state index contributed by atoms with van der Waals surface area (Å²) in [6, 6.07) is 15.1. The molecule has 0 spiro atoms. The second kappa shape index (κ2) is 10.8. The van der Waals surface area contributed by atoms with Gasteiger partial charge in [-0.05, 0) is 54.1 Å². The first-order chi connectivity index (χ1) is 15.9. The Morgan fingerprint density at radius 1 is 0.879 bits per heavy atom. The Balaban J connectivity index is 1.81. The van der Waals surface area contributed by atoms with Crippen molar-refractivity contribution in [2.45, 2.75) is 0 Å². The number of hydrogen-bond donors (Lipinski definition) is 2. The van der Waals surface area contributed by atoms with Gasteiger partial charge in [-0.3, -0.25) is 9.59 Å². The topological polar surface area (TPSA) is 98.3 Å². The normalized spacial score (nSPS) is 10.5. The molecule has 2 amide bonds. The Morgan fingerprint density at radius 3 is 2.36 bits per heavy atom. The Kier molecular flexibility index (Phi) is 7.59. The zero-order valence-corrected chi connectivity index (χ0v) is 18.2. The van der Waals surface area contributed by atoms with E-state index in [0.717, 1.165) is 0 Å². The molecular formula is C24H22FN3O5. The molecule has 0 aliphatic carbocycles. The van der Waals surface area contributed by atoms with Crippen molar-refractivity contribution in [2.75, 3.05) is 26.6 Å². The first kappa shape index (κ1) is 23.3. The van der Waals surface area contributed by atoms with E-state index in [-0.39, 0.29) is 11.3 Å². The third-order valence-corrected chi connectivity index (χ3v) is 4.59. The monoisotopic (exact) mass is 451 g/mol. The van der Waals surface area contributed by atoms with E-state index in [1.54, 1.807) is 30.3 Å². The molecule has 0 radical (unpaired) electrons. The van der Waals surface area contributed by atoms with Crippen molar-refractivity contribution in [1.29, 1.82) is 0 Å². The maximum atomic E-state index is 13.3. The molecule has 0 atom stereocenters. The first-order valence-corrected chi connectivity index (χ1v) is 9.75. The summed E-state index contributed by atoms with van der Waals surface area (Å²) in [6.07, 6.45) is 1.31. The Morgan fingerprint density at radius 2 is 1.67 bits per heavy atom. The Bertz CT molecular complexity index is 1200. The van der Waals surface area contributed by atoms with Gasteiger partial charge in [-0.25, -0.2) is 9.82 Å². The van der Waals surface area contributed by atoms with Gasteiger partial charge in [0.2, 0.25) is 0 Å². The van der Waals surface area contributed by atoms with Crippen molar-refractivity contribution >= 4 is 23.7 Å². The molecule has 0 fully saturated rings. The smallest absolute Gasteiger partial charge is 0.273 e. The fraction of sp³-hybridized carbons (Fsp3) is 0.125. The summed E-state index contributed by atoms with van der Waals surface area (Å²) >= 11 is 0. The minimum absolute atomic E-state index is 0.125. The second-order valence-corrected chi connectivity index (χ2v) is 6.69. The zero-order valence-electron chi connectivity index (χ0n) is 18.2. The molecule has 0 saturated carbocycles. The summed E-state index contributed by atoms with van der Waals surface area (Å²) in [5, 5.41) is 6.57. The third-order valence-electron chi connectivity index (χ3n) is 4.59. The van der Waals surface area contributed by atoms with Crippen molar-refractivity contribution in [3.63, 3.8) is 0 Å². The van der Waals surface area contributed by atoms with Gasteiger partial charge in [-0.1, -0.05) is 12.1 Å². The summed E-state index contributed by atoms with van der Waals surface area (Å²) in [6.45, 7) is 0. The molecular weight excluding hydrogens is 429 g/mol. The predicted molar refractivity (Wildman–Crippen MR) is 122 cm³/mol. The molecule has 2 N–H and O–H groups in total. The number of ether oxygens (including phenoxy) is 3. The quantitative estimate of drug-likeness (QED) is 0.400. The van der Waals surface area contributed by atoms with E-state index in [9.17, 15) is 14.0 Å². The summed E-state index contributed by atoms with van der Waals surface area (Å²) in [4.78, 5) is 25.6. The van der Waals surface area contributed by atoms with E-state index >= 15 is 0 Å². The number of carbonyl (C=O) groups excluding carboxylic acids is 2. The molecule has 3 aromatic rings. The first-order valence-electron chi connectivity index (χ1n) is 9.75. The highest BCUT2D eigenvalue weighted by molar-refractivity contribution is 6.09. The maximum Gasteiger partial charge on any atom is 0.273 e. The zero-order chi connectivity index (χ0) is 23.8. The average Bonchev–Trinajstić information content (AvgIpc) is 2.83. The summed E-state index contributed by atoms with van der Waals surface area (Å²) < 4.78 is 28.9. The van der Waals surface area contributed by atoms with Crippen molar-refractivity contribution < 1.29 is 28.2 Å². The molecule has 0 aliphatic rings. The van der Waals surface area contributed by atoms with Gasteiger partial charge in [0.15, 0.2) is 11.5 Å². The fourth-order valence-corrected chi connectivity index (χ4v) is 2.93. The number of anilines is 1. The van der Waals surface area contributed by atoms with Crippen LogP contribution in [-0.4, -0.2) is 39.4 Å². The van der Waals surface area contributed by atoms with Gasteiger partial charge in [0, 0.05) is 5.56 Å². The standard InChI is InChI=1S/C24H22FN3O5/c1-31-18-8-9-20(27-23(29)16-7-10-21(32-2)22(12-16)33-3)19(13-18)24(30)28-26-14-15-5-4-6-17(25)11-15/h4-14H,1-3H3,(H,27,29)(H,28,30). The molecule has 9 heteroatoms. The van der Waals surface area contributed by atoms with Crippen LogP contribution < -0.4 is 25.0 Å². The summed E-state index contributed by atoms with van der Waals surface area (Å²) in [5.74, 6) is -0.182. The lowest BCUT2D eigenvalue weighted by Crippen LogP contribution is -2.21. The summed E-state index contributed by atoms with van der Waals surface area (Å²) in [7, 11) is 4.42. The Hall–Kier alpha value is -4.40. The molecule has 0 aromatic heterocycles. The lowest BCUT2D eigenvalue weighted by Gasteiger charge is -2.13. The molecule has 33 heavy (non-hydrogen) atoms. The number of nitrogens with one attached hydrogen (secondary N) is 2. The largest absolute Gasteiger partial charge is 0.497 e. The summed E-state index contributed by atoms with van der Waals surface area (Å²) in [5.41, 5.74) is 3.52. The number of nitrogens with zero attached hydrogens (tertiary/aromatic N) is 1. The number of rotatable bonds is 8. The number of halogens is 1. The predicted octanol–water partition coefficient (Wildman–Crippen LogP) is 3.87. The Labute approximate surface area is 190 Å². The van der Waals surface area contributed by atoms with Crippen molar-refractivity contribution in [3.05, 3.63) is 83.2 Å². The molecule has 0 aliphatic heterocycles. The van der Waals surface area contributed by atoms with Gasteiger partial charge in [0.1, 0.15) is 11.6 Å². The van der Waals surface area contributed by atoms with Gasteiger partial charge < -0.3 is 19.5 Å². The highest BCUT2D eigenvalue weighted by atomic mass is 19.1. The van der Waals surface area contributed by atoms with Gasteiger partial charge in [0.25, 0.3) is 11.8 Å². The molecule has 0 heterocycles. The number of amides is 2. The van der Waals surface area contributed by atoms with Crippen LogP contribution >= 0.6 is 0 Å². The van der Waals surface area contributed by atoms with Crippen molar-refractivity contribution in [2.24, 2.45) is 5.10 Å². The van der Waals surface area contributed by atoms with Crippen LogP contribution in [0.5, 0.6) is 17.2 Å². The number of hydrazone groups is 1. The average molecular weight is 451 g/mol. The van der Waals surface area contributed by atoms with Gasteiger partial charge in [0.05, 0.1) is 38.8 Å². The molecule has 170 valence electrons. The van der Waals surface area contributed by atoms with Crippen LogP contribution in [0.4, 0.5) is 10.1 Å². The molecule has 8 nitrogen and oxygen atoms in total. The van der Waals surface area contributed by atoms with E-state index in [0.29, 0.717) is 28.4 Å². The number of benzene rings is 3. The van der Waals surface area contributed by atoms with Crippen molar-refractivity contribution in [3.8, 4) is 17.2 Å². The van der Waals surface area contributed by atoms with Crippen LogP contribution in [0.25, 0.3) is 0 Å². The molecule has 3 aromatic carbocycles. The van der Waals surface area contributed by atoms with Crippen LogP contribution in [0.1, 0.15) is 26.3 Å². The second-order valence-electron chi connectivity index (χ2n) is 6.69. The van der Waals surface area contributed by atoms with Crippen LogP contribution in [0.15, 0.2) is 65.8 Å². The number of carbonyl (C=O) groups is 2. The maximum absolute atomic E-state index is 13.3. The van der Waals surface area contributed by atoms with E-state index in [1.165, 1.54) is 57.9 Å². The molecule has 3 rings (SSSR count). The van der Waals surface area contributed by atoms with Crippen LogP contribution in [0, 0.1) is 5.82 Å². The van der Waals surface area contributed by atoms with Crippen molar-refractivity contribution in [1.82, 2.24) is 5.43 Å². The van der Waals surface area contributed by atoms with Crippen LogP contribution in [0.2, 0.25) is 0 Å². The van der Waals surface area contributed by atoms with E-state index in [4.69, 9.17) is 14.2 Å². The SMILES string of the molecule is COc1ccc(NC(=O)c2ccc(OC)c(OC)c2)c(C(=O)NN=Cc2cccc(F)c2)c1. The van der Waals surface area contributed by atoms with Gasteiger partial charge in [-0.2, -0.15) is 5.10 Å². The van der Waals surface area contributed by atoms with Crippen LogP contribution in [0.3, 0.4) is 0 Å². The lowest BCUT2D eigenvalue weighted by molar-refractivity contribution is 0.0955. The molecule has 0 saturated heterocycles. The number of methoxy groups -OCH3 is 3. The highest BCUT2D eigenvalue weighted by Gasteiger charge is 2.17. The van der Waals surface area contributed by atoms with E-state index in [1.807, 2.05) is 0 Å². The highest BCUT2D eigenvalue weighted by Crippen LogP contribution is 2.28. The number of hydrogen-bond acceptors (Lipinski definition) is 6.